The highest BCUT2D eigenvalue weighted by molar-refractivity contribution is 6.11. The van der Waals surface area contributed by atoms with Gasteiger partial charge >= 0.3 is 0 Å². The number of nitro benzene ring substituents is 1. The molecular formula is C17H15NO5. The van der Waals surface area contributed by atoms with E-state index in [1.807, 2.05) is 19.1 Å². The SMILES string of the molecule is Cc1ccccc1C(=O)c1ccc([N+](=O)[O-])cc1OCC1CO1. The Kier molecular flexibility index (Phi) is 4.08. The van der Waals surface area contributed by atoms with Crippen LogP contribution < -0.4 is 4.74 Å². The molecule has 0 amide bonds. The van der Waals surface area contributed by atoms with Crippen molar-refractivity contribution >= 4 is 11.5 Å². The van der Waals surface area contributed by atoms with Crippen molar-refractivity contribution in [1.82, 2.24) is 0 Å². The maximum absolute atomic E-state index is 12.7. The van der Waals surface area contributed by atoms with Crippen LogP contribution in [0.15, 0.2) is 42.5 Å². The zero-order valence-corrected chi connectivity index (χ0v) is 12.5. The van der Waals surface area contributed by atoms with Crippen molar-refractivity contribution in [2.24, 2.45) is 0 Å². The van der Waals surface area contributed by atoms with Crippen molar-refractivity contribution in [2.45, 2.75) is 13.0 Å². The molecule has 1 unspecified atom stereocenters. The van der Waals surface area contributed by atoms with E-state index in [2.05, 4.69) is 0 Å². The average Bonchev–Trinajstić information content (AvgIpc) is 3.36. The van der Waals surface area contributed by atoms with Gasteiger partial charge in [-0.25, -0.2) is 0 Å². The first-order valence-corrected chi connectivity index (χ1v) is 7.19. The summed E-state index contributed by atoms with van der Waals surface area (Å²) in [6, 6.07) is 11.2. The Morgan fingerprint density at radius 1 is 1.30 bits per heavy atom. The van der Waals surface area contributed by atoms with E-state index >= 15 is 0 Å². The van der Waals surface area contributed by atoms with E-state index in [4.69, 9.17) is 9.47 Å². The molecule has 2 aromatic carbocycles. The Bertz CT molecular complexity index is 767. The number of non-ortho nitro benzene ring substituents is 1. The Labute approximate surface area is 132 Å². The summed E-state index contributed by atoms with van der Waals surface area (Å²) in [5.74, 6) is -0.00679. The van der Waals surface area contributed by atoms with E-state index in [0.717, 1.165) is 5.56 Å². The molecule has 0 bridgehead atoms. The number of hydrogen-bond donors (Lipinski definition) is 0. The quantitative estimate of drug-likeness (QED) is 0.354. The number of carbonyl (C=O) groups is 1. The van der Waals surface area contributed by atoms with Crippen molar-refractivity contribution in [2.75, 3.05) is 13.2 Å². The van der Waals surface area contributed by atoms with Gasteiger partial charge in [0.2, 0.25) is 0 Å². The molecule has 1 saturated heterocycles. The van der Waals surface area contributed by atoms with E-state index < -0.39 is 4.92 Å². The van der Waals surface area contributed by atoms with Gasteiger partial charge in [0, 0.05) is 11.6 Å². The highest BCUT2D eigenvalue weighted by atomic mass is 16.6. The molecule has 1 aliphatic heterocycles. The van der Waals surface area contributed by atoms with Crippen molar-refractivity contribution in [3.8, 4) is 5.75 Å². The summed E-state index contributed by atoms with van der Waals surface area (Å²) in [6.07, 6.45) is -0.00400. The first-order valence-electron chi connectivity index (χ1n) is 7.19. The molecule has 0 N–H and O–H groups in total. The molecule has 0 aromatic heterocycles. The number of aryl methyl sites for hydroxylation is 1. The second kappa shape index (κ2) is 6.18. The van der Waals surface area contributed by atoms with Gasteiger partial charge < -0.3 is 9.47 Å². The van der Waals surface area contributed by atoms with Crippen molar-refractivity contribution in [3.05, 3.63) is 69.3 Å². The summed E-state index contributed by atoms with van der Waals surface area (Å²) in [4.78, 5) is 23.2. The van der Waals surface area contributed by atoms with Crippen LogP contribution in [-0.2, 0) is 4.74 Å². The molecule has 1 heterocycles. The Hall–Kier alpha value is -2.73. The first kappa shape index (κ1) is 15.2. The lowest BCUT2D eigenvalue weighted by molar-refractivity contribution is -0.384. The number of hydrogen-bond acceptors (Lipinski definition) is 5. The number of benzene rings is 2. The lowest BCUT2D eigenvalue weighted by Crippen LogP contribution is -2.10. The van der Waals surface area contributed by atoms with Gasteiger partial charge in [-0.05, 0) is 18.6 Å². The smallest absolute Gasteiger partial charge is 0.273 e. The molecule has 0 aliphatic carbocycles. The van der Waals surface area contributed by atoms with Crippen LogP contribution in [0.25, 0.3) is 0 Å². The third-order valence-corrected chi connectivity index (χ3v) is 3.64. The monoisotopic (exact) mass is 313 g/mol. The molecule has 1 atom stereocenters. The third kappa shape index (κ3) is 3.37. The van der Waals surface area contributed by atoms with Gasteiger partial charge in [0.05, 0.1) is 23.2 Å². The zero-order valence-electron chi connectivity index (χ0n) is 12.5. The number of ether oxygens (including phenoxy) is 2. The van der Waals surface area contributed by atoms with E-state index in [1.54, 1.807) is 12.1 Å². The minimum absolute atomic E-state index is 0.00400. The lowest BCUT2D eigenvalue weighted by Gasteiger charge is -2.11. The second-order valence-corrected chi connectivity index (χ2v) is 5.35. The van der Waals surface area contributed by atoms with Gasteiger partial charge in [-0.3, -0.25) is 14.9 Å². The lowest BCUT2D eigenvalue weighted by atomic mass is 9.98. The fourth-order valence-corrected chi connectivity index (χ4v) is 2.25. The van der Waals surface area contributed by atoms with Gasteiger partial charge in [0.25, 0.3) is 5.69 Å². The summed E-state index contributed by atoms with van der Waals surface area (Å²) in [5, 5.41) is 10.9. The standard InChI is InChI=1S/C17H15NO5/c1-11-4-2-3-5-14(11)17(19)15-7-6-12(18(20)21)8-16(15)23-10-13-9-22-13/h2-8,13H,9-10H2,1H3. The normalized spacial score (nSPS) is 16.0. The van der Waals surface area contributed by atoms with Gasteiger partial charge in [-0.1, -0.05) is 24.3 Å². The highest BCUT2D eigenvalue weighted by Gasteiger charge is 2.25. The minimum Gasteiger partial charge on any atom is -0.490 e. The fraction of sp³-hybridized carbons (Fsp3) is 0.235. The van der Waals surface area contributed by atoms with Gasteiger partial charge in [0.1, 0.15) is 18.5 Å². The molecule has 3 rings (SSSR count). The molecule has 0 spiro atoms. The average molecular weight is 313 g/mol. The number of nitrogens with zero attached hydrogens (tertiary/aromatic N) is 1. The molecule has 0 saturated carbocycles. The van der Waals surface area contributed by atoms with Gasteiger partial charge in [-0.15, -0.1) is 0 Å². The maximum Gasteiger partial charge on any atom is 0.273 e. The first-order chi connectivity index (χ1) is 11.1. The van der Waals surface area contributed by atoms with Crippen LogP contribution in [0, 0.1) is 17.0 Å². The van der Waals surface area contributed by atoms with Crippen LogP contribution in [0.1, 0.15) is 21.5 Å². The number of ketones is 1. The zero-order chi connectivity index (χ0) is 16.4. The summed E-state index contributed by atoms with van der Waals surface area (Å²) < 4.78 is 10.7. The predicted molar refractivity (Wildman–Crippen MR) is 82.9 cm³/mol. The van der Waals surface area contributed by atoms with Crippen LogP contribution in [0.2, 0.25) is 0 Å². The van der Waals surface area contributed by atoms with Crippen molar-refractivity contribution < 1.29 is 19.2 Å². The molecule has 23 heavy (non-hydrogen) atoms. The molecular weight excluding hydrogens is 298 g/mol. The second-order valence-electron chi connectivity index (χ2n) is 5.35. The van der Waals surface area contributed by atoms with E-state index in [-0.39, 0.29) is 29.9 Å². The molecule has 6 heteroatoms. The number of carbonyl (C=O) groups excluding carboxylic acids is 1. The van der Waals surface area contributed by atoms with Crippen LogP contribution in [0.5, 0.6) is 5.75 Å². The van der Waals surface area contributed by atoms with E-state index in [9.17, 15) is 14.9 Å². The summed E-state index contributed by atoms with van der Waals surface area (Å²) in [6.45, 7) is 2.72. The van der Waals surface area contributed by atoms with Crippen LogP contribution >= 0.6 is 0 Å². The molecule has 1 fully saturated rings. The van der Waals surface area contributed by atoms with Crippen molar-refractivity contribution in [3.63, 3.8) is 0 Å². The summed E-state index contributed by atoms with van der Waals surface area (Å²) >= 11 is 0. The van der Waals surface area contributed by atoms with Crippen molar-refractivity contribution in [1.29, 1.82) is 0 Å². The summed E-state index contributed by atoms with van der Waals surface area (Å²) in [5.41, 5.74) is 1.59. The Balaban J connectivity index is 1.97. The summed E-state index contributed by atoms with van der Waals surface area (Å²) in [7, 11) is 0. The third-order valence-electron chi connectivity index (χ3n) is 3.64. The van der Waals surface area contributed by atoms with Gasteiger partial charge in [-0.2, -0.15) is 0 Å². The van der Waals surface area contributed by atoms with Crippen LogP contribution in [-0.4, -0.2) is 30.0 Å². The Morgan fingerprint density at radius 3 is 2.70 bits per heavy atom. The fourth-order valence-electron chi connectivity index (χ4n) is 2.25. The van der Waals surface area contributed by atoms with Crippen LogP contribution in [0.4, 0.5) is 5.69 Å². The van der Waals surface area contributed by atoms with Crippen LogP contribution in [0.3, 0.4) is 0 Å². The predicted octanol–water partition coefficient (Wildman–Crippen LogP) is 2.91. The number of nitro groups is 1. The largest absolute Gasteiger partial charge is 0.490 e. The Morgan fingerprint density at radius 2 is 2.04 bits per heavy atom. The number of epoxide rings is 1. The molecule has 2 aromatic rings. The number of rotatable bonds is 6. The van der Waals surface area contributed by atoms with Gasteiger partial charge in [0.15, 0.2) is 5.78 Å². The van der Waals surface area contributed by atoms with E-state index in [1.165, 1.54) is 18.2 Å². The molecule has 0 radical (unpaired) electrons. The molecule has 6 nitrogen and oxygen atoms in total. The topological polar surface area (TPSA) is 82.0 Å². The molecule has 1 aliphatic rings. The van der Waals surface area contributed by atoms with E-state index in [0.29, 0.717) is 17.7 Å². The highest BCUT2D eigenvalue weighted by Crippen LogP contribution is 2.28. The minimum atomic E-state index is -0.511. The maximum atomic E-state index is 12.7. The molecule has 118 valence electrons.